The molecule has 3 atom stereocenters. The minimum atomic E-state index is -3.24. The molecule has 1 fully saturated rings. The van der Waals surface area contributed by atoms with Crippen LogP contribution in [-0.2, 0) is 9.26 Å². The molecule has 0 aliphatic carbocycles. The topological polar surface area (TPSA) is 152 Å². The van der Waals surface area contributed by atoms with E-state index in [9.17, 15) is 14.8 Å². The Morgan fingerprint density at radius 2 is 2.10 bits per heavy atom. The number of imidazole rings is 1. The number of aliphatic hydroxyl groups is 1. The number of nitrogens with two attached hydrogens (primary N) is 1. The van der Waals surface area contributed by atoms with Gasteiger partial charge < -0.3 is 0 Å². The Hall–Kier alpha value is -1.62. The normalized spacial score (nSPS) is 23.7. The standard InChI is InChI=1S/C17H31N6O5P/c1-9(2)23(10(3)4)29(5,26)28-11-6-13(27-12(11)7-24)22-8-19-14-15(22)20-17(18)21-16(14)25/h8-13,24,26,29H,6-7H2,1-5H3,(H3,18,20,21,25)/t11-,12+,13+/m0/s1. The third kappa shape index (κ3) is 4.30. The molecule has 2 aromatic heterocycles. The number of aliphatic hydroxyl groups excluding tert-OH is 1. The average molecular weight is 430 g/mol. The first-order valence-electron chi connectivity index (χ1n) is 9.72. The molecule has 0 amide bonds. The molecule has 1 saturated heterocycles. The second-order valence-electron chi connectivity index (χ2n) is 8.01. The van der Waals surface area contributed by atoms with Gasteiger partial charge in [0.2, 0.25) is 0 Å². The van der Waals surface area contributed by atoms with Crippen molar-refractivity contribution in [2.75, 3.05) is 19.0 Å². The van der Waals surface area contributed by atoms with E-state index in [1.807, 2.05) is 32.4 Å². The molecule has 11 nitrogen and oxygen atoms in total. The summed E-state index contributed by atoms with van der Waals surface area (Å²) in [5.41, 5.74) is 5.67. The molecule has 164 valence electrons. The molecule has 0 aromatic carbocycles. The van der Waals surface area contributed by atoms with E-state index in [2.05, 4.69) is 15.0 Å². The van der Waals surface area contributed by atoms with E-state index in [0.29, 0.717) is 12.1 Å². The number of aromatic amines is 1. The second-order valence-corrected chi connectivity index (χ2v) is 10.6. The Kier molecular flexibility index (Phi) is 6.28. The Morgan fingerprint density at radius 3 is 2.69 bits per heavy atom. The summed E-state index contributed by atoms with van der Waals surface area (Å²) in [5.74, 6) is -0.0198. The van der Waals surface area contributed by atoms with Crippen molar-refractivity contribution in [1.29, 1.82) is 0 Å². The van der Waals surface area contributed by atoms with Crippen LogP contribution in [0.5, 0.6) is 0 Å². The predicted molar refractivity (Wildman–Crippen MR) is 112 cm³/mol. The van der Waals surface area contributed by atoms with Crippen molar-refractivity contribution in [3.8, 4) is 0 Å². The van der Waals surface area contributed by atoms with E-state index in [1.54, 1.807) is 11.2 Å². The molecule has 5 N–H and O–H groups in total. The number of ether oxygens (including phenoxy) is 1. The number of rotatable bonds is 7. The summed E-state index contributed by atoms with van der Waals surface area (Å²) in [6, 6.07) is 0.192. The van der Waals surface area contributed by atoms with E-state index in [1.165, 1.54) is 6.33 Å². The van der Waals surface area contributed by atoms with Crippen molar-refractivity contribution >= 4 is 25.0 Å². The molecule has 29 heavy (non-hydrogen) atoms. The van der Waals surface area contributed by atoms with Crippen LogP contribution >= 0.6 is 7.87 Å². The third-order valence-corrected chi connectivity index (χ3v) is 7.83. The van der Waals surface area contributed by atoms with Crippen LogP contribution in [0.15, 0.2) is 11.1 Å². The molecule has 3 rings (SSSR count). The van der Waals surface area contributed by atoms with E-state index in [-0.39, 0.29) is 30.2 Å². The zero-order chi connectivity index (χ0) is 21.5. The van der Waals surface area contributed by atoms with Gasteiger partial charge >= 0.3 is 169 Å². The van der Waals surface area contributed by atoms with Gasteiger partial charge in [0.15, 0.2) is 0 Å². The van der Waals surface area contributed by atoms with E-state index in [4.69, 9.17) is 15.0 Å². The maximum atomic E-state index is 12.0. The Bertz CT molecular complexity index is 905. The first-order valence-corrected chi connectivity index (χ1v) is 12.0. The molecule has 3 heterocycles. The summed E-state index contributed by atoms with van der Waals surface area (Å²) < 4.78 is 15.7. The van der Waals surface area contributed by atoms with Gasteiger partial charge in [-0.1, -0.05) is 0 Å². The van der Waals surface area contributed by atoms with Crippen molar-refractivity contribution in [3.05, 3.63) is 16.7 Å². The first kappa shape index (κ1) is 22.1. The molecule has 1 aliphatic heterocycles. The van der Waals surface area contributed by atoms with Gasteiger partial charge in [-0.05, 0) is 0 Å². The molecule has 1 aliphatic rings. The number of nitrogens with one attached hydrogen (secondary N) is 1. The number of hydrogen-bond donors (Lipinski definition) is 4. The van der Waals surface area contributed by atoms with Crippen LogP contribution in [0.1, 0.15) is 40.3 Å². The van der Waals surface area contributed by atoms with Crippen LogP contribution in [0.3, 0.4) is 0 Å². The van der Waals surface area contributed by atoms with Gasteiger partial charge in [-0.15, -0.1) is 0 Å². The molecular weight excluding hydrogens is 399 g/mol. The Balaban J connectivity index is 1.86. The summed E-state index contributed by atoms with van der Waals surface area (Å²) in [4.78, 5) is 33.8. The van der Waals surface area contributed by atoms with Gasteiger partial charge in [0, 0.05) is 0 Å². The average Bonchev–Trinajstić information content (AvgIpc) is 3.16. The van der Waals surface area contributed by atoms with Crippen molar-refractivity contribution in [2.24, 2.45) is 0 Å². The molecule has 0 bridgehead atoms. The number of anilines is 1. The summed E-state index contributed by atoms with van der Waals surface area (Å²) in [7, 11) is -3.24. The second kappa shape index (κ2) is 8.25. The van der Waals surface area contributed by atoms with Crippen LogP contribution in [-0.4, -0.2) is 71.8 Å². The van der Waals surface area contributed by atoms with Crippen molar-refractivity contribution in [3.63, 3.8) is 0 Å². The Morgan fingerprint density at radius 1 is 1.45 bits per heavy atom. The fraction of sp³-hybridized carbons (Fsp3) is 0.706. The molecule has 2 aromatic rings. The van der Waals surface area contributed by atoms with Gasteiger partial charge in [-0.2, -0.15) is 0 Å². The molecule has 0 spiro atoms. The van der Waals surface area contributed by atoms with E-state index in [0.717, 1.165) is 0 Å². The zero-order valence-electron chi connectivity index (χ0n) is 17.4. The quantitative estimate of drug-likeness (QED) is 0.463. The van der Waals surface area contributed by atoms with Gasteiger partial charge in [0.25, 0.3) is 0 Å². The predicted octanol–water partition coefficient (Wildman–Crippen LogP) is 0.603. The third-order valence-electron chi connectivity index (χ3n) is 5.09. The molecule has 0 unspecified atom stereocenters. The van der Waals surface area contributed by atoms with Crippen LogP contribution in [0, 0.1) is 0 Å². The number of nitrogen functional groups attached to an aromatic ring is 1. The van der Waals surface area contributed by atoms with E-state index >= 15 is 0 Å². The summed E-state index contributed by atoms with van der Waals surface area (Å²) in [6.45, 7) is 9.49. The van der Waals surface area contributed by atoms with Gasteiger partial charge in [0.05, 0.1) is 0 Å². The molecule has 0 radical (unpaired) electrons. The van der Waals surface area contributed by atoms with Crippen LogP contribution in [0.2, 0.25) is 0 Å². The Labute approximate surface area is 169 Å². The molecular formula is C17H31N6O5P. The van der Waals surface area contributed by atoms with Gasteiger partial charge in [-0.25, -0.2) is 0 Å². The summed E-state index contributed by atoms with van der Waals surface area (Å²) in [5, 5.41) is 9.81. The number of H-pyrrole nitrogens is 1. The van der Waals surface area contributed by atoms with Crippen LogP contribution in [0.25, 0.3) is 11.2 Å². The fourth-order valence-corrected chi connectivity index (χ4v) is 7.07. The number of nitrogens with zero attached hydrogens (tertiary/aromatic N) is 4. The molecule has 0 saturated carbocycles. The van der Waals surface area contributed by atoms with Gasteiger partial charge in [-0.3, -0.25) is 0 Å². The number of fused-ring (bicyclic) bond motifs is 1. The van der Waals surface area contributed by atoms with Crippen molar-refractivity contribution in [2.45, 2.75) is 64.6 Å². The van der Waals surface area contributed by atoms with Gasteiger partial charge in [0.1, 0.15) is 0 Å². The summed E-state index contributed by atoms with van der Waals surface area (Å²) in [6.07, 6.45) is 0.100. The van der Waals surface area contributed by atoms with Crippen molar-refractivity contribution < 1.29 is 19.3 Å². The number of hydrogen-bond acceptors (Lipinski definition) is 9. The SMILES string of the molecule is CC(C)N(C(C)C)[PH](C)(O)O[C@H]1C[C@H](n2cnc3c(=O)[nH]c(N)nc32)O[C@@H]1CO. The molecule has 12 heteroatoms. The zero-order valence-corrected chi connectivity index (χ0v) is 18.4. The van der Waals surface area contributed by atoms with Crippen molar-refractivity contribution in [1.82, 2.24) is 24.2 Å². The monoisotopic (exact) mass is 430 g/mol. The van der Waals surface area contributed by atoms with Crippen LogP contribution < -0.4 is 11.3 Å². The van der Waals surface area contributed by atoms with E-state index < -0.39 is 31.9 Å². The minimum absolute atomic E-state index is 0.0198. The number of aromatic nitrogens is 4. The fourth-order valence-electron chi connectivity index (χ4n) is 4.22. The maximum absolute atomic E-state index is 12.0. The van der Waals surface area contributed by atoms with Crippen LogP contribution in [0.4, 0.5) is 5.95 Å². The summed E-state index contributed by atoms with van der Waals surface area (Å²) >= 11 is 0. The first-order chi connectivity index (χ1) is 13.5.